The van der Waals surface area contributed by atoms with Gasteiger partial charge in [0, 0.05) is 6.04 Å². The number of hydrogen-bond donors (Lipinski definition) is 1. The first kappa shape index (κ1) is 15.2. The Morgan fingerprint density at radius 2 is 1.89 bits per heavy atom. The van der Waals surface area contributed by atoms with Crippen LogP contribution in [0.1, 0.15) is 24.2 Å². The minimum absolute atomic E-state index is 0.0497. The quantitative estimate of drug-likeness (QED) is 0.869. The molecule has 1 rings (SSSR count). The second-order valence-corrected chi connectivity index (χ2v) is 5.43. The van der Waals surface area contributed by atoms with Crippen LogP contribution in [0.25, 0.3) is 0 Å². The van der Waals surface area contributed by atoms with E-state index in [0.29, 0.717) is 10.0 Å². The first-order chi connectivity index (χ1) is 8.34. The van der Waals surface area contributed by atoms with Gasteiger partial charge < -0.3 is 10.6 Å². The lowest BCUT2D eigenvalue weighted by Gasteiger charge is -2.27. The van der Waals surface area contributed by atoms with Crippen molar-refractivity contribution >= 4 is 46.3 Å². The summed E-state index contributed by atoms with van der Waals surface area (Å²) >= 11 is 16.9. The smallest absolute Gasteiger partial charge is 0.257 e. The van der Waals surface area contributed by atoms with Gasteiger partial charge in [-0.2, -0.15) is 0 Å². The number of carbonyl (C=O) groups is 1. The summed E-state index contributed by atoms with van der Waals surface area (Å²) in [5, 5.41) is 0.641. The third kappa shape index (κ3) is 3.57. The molecular formula is C12H14Cl2N2OS. The minimum Gasteiger partial charge on any atom is -0.392 e. The van der Waals surface area contributed by atoms with Crippen molar-refractivity contribution in [2.45, 2.75) is 19.9 Å². The third-order valence-electron chi connectivity index (χ3n) is 2.39. The zero-order valence-corrected chi connectivity index (χ0v) is 12.4. The van der Waals surface area contributed by atoms with Crippen molar-refractivity contribution in [3.05, 3.63) is 33.8 Å². The van der Waals surface area contributed by atoms with Crippen LogP contribution in [-0.2, 0) is 0 Å². The topological polar surface area (TPSA) is 46.3 Å². The van der Waals surface area contributed by atoms with Crippen LogP contribution in [0.15, 0.2) is 18.2 Å². The number of nitrogens with zero attached hydrogens (tertiary/aromatic N) is 1. The highest BCUT2D eigenvalue weighted by Crippen LogP contribution is 2.26. The molecular weight excluding hydrogens is 291 g/mol. The van der Waals surface area contributed by atoms with Gasteiger partial charge in [0.05, 0.1) is 27.1 Å². The van der Waals surface area contributed by atoms with Crippen molar-refractivity contribution < 1.29 is 4.79 Å². The molecule has 1 aromatic rings. The molecule has 0 aliphatic rings. The van der Waals surface area contributed by atoms with E-state index in [1.807, 2.05) is 13.8 Å². The molecule has 0 radical (unpaired) electrons. The van der Waals surface area contributed by atoms with Gasteiger partial charge in [0.15, 0.2) is 0 Å². The van der Waals surface area contributed by atoms with Crippen LogP contribution in [-0.4, -0.2) is 28.4 Å². The lowest BCUT2D eigenvalue weighted by molar-refractivity contribution is 0.0736. The molecule has 0 atom stereocenters. The van der Waals surface area contributed by atoms with Gasteiger partial charge in [-0.25, -0.2) is 0 Å². The molecule has 3 nitrogen and oxygen atoms in total. The van der Waals surface area contributed by atoms with Crippen LogP contribution in [0.4, 0.5) is 0 Å². The fourth-order valence-electron chi connectivity index (χ4n) is 1.50. The van der Waals surface area contributed by atoms with Crippen LogP contribution in [0, 0.1) is 0 Å². The Balaban J connectivity index is 3.14. The van der Waals surface area contributed by atoms with Gasteiger partial charge in [0.1, 0.15) is 0 Å². The molecule has 0 heterocycles. The van der Waals surface area contributed by atoms with Crippen molar-refractivity contribution in [1.29, 1.82) is 0 Å². The summed E-state index contributed by atoms with van der Waals surface area (Å²) in [6, 6.07) is 4.89. The zero-order chi connectivity index (χ0) is 13.9. The molecule has 0 unspecified atom stereocenters. The van der Waals surface area contributed by atoms with E-state index in [-0.39, 0.29) is 29.0 Å². The highest BCUT2D eigenvalue weighted by Gasteiger charge is 2.23. The predicted octanol–water partition coefficient (Wildman–Crippen LogP) is 3.13. The molecule has 0 spiro atoms. The molecule has 1 aromatic carbocycles. The number of nitrogens with two attached hydrogens (primary N) is 1. The number of amides is 1. The van der Waals surface area contributed by atoms with E-state index in [1.165, 1.54) is 4.90 Å². The van der Waals surface area contributed by atoms with Crippen molar-refractivity contribution in [3.63, 3.8) is 0 Å². The third-order valence-corrected chi connectivity index (χ3v) is 3.15. The average Bonchev–Trinajstić information content (AvgIpc) is 2.24. The molecule has 18 heavy (non-hydrogen) atoms. The summed E-state index contributed by atoms with van der Waals surface area (Å²) in [4.78, 5) is 14.2. The summed E-state index contributed by atoms with van der Waals surface area (Å²) in [5.74, 6) is -0.270. The number of hydrogen-bond acceptors (Lipinski definition) is 2. The summed E-state index contributed by atoms with van der Waals surface area (Å²) < 4.78 is 0. The van der Waals surface area contributed by atoms with E-state index in [2.05, 4.69) is 0 Å². The Morgan fingerprint density at radius 3 is 2.28 bits per heavy atom. The second kappa shape index (κ2) is 6.36. The highest BCUT2D eigenvalue weighted by atomic mass is 35.5. The van der Waals surface area contributed by atoms with Crippen molar-refractivity contribution in [1.82, 2.24) is 4.90 Å². The lowest BCUT2D eigenvalue weighted by atomic mass is 10.1. The number of carbonyl (C=O) groups excluding carboxylic acids is 1. The van der Waals surface area contributed by atoms with Crippen LogP contribution < -0.4 is 5.73 Å². The molecule has 2 N–H and O–H groups in total. The Hall–Kier alpha value is -0.840. The van der Waals surface area contributed by atoms with E-state index in [4.69, 9.17) is 41.2 Å². The largest absolute Gasteiger partial charge is 0.392 e. The number of benzene rings is 1. The number of halogens is 2. The van der Waals surface area contributed by atoms with E-state index in [0.717, 1.165) is 0 Å². The zero-order valence-electron chi connectivity index (χ0n) is 10.1. The first-order valence-electron chi connectivity index (χ1n) is 5.38. The first-order valence-corrected chi connectivity index (χ1v) is 6.54. The summed E-state index contributed by atoms with van der Waals surface area (Å²) in [6.07, 6.45) is 0. The van der Waals surface area contributed by atoms with Crippen LogP contribution >= 0.6 is 35.4 Å². The second-order valence-electron chi connectivity index (χ2n) is 4.09. The molecule has 6 heteroatoms. The fourth-order valence-corrected chi connectivity index (χ4v) is 2.20. The van der Waals surface area contributed by atoms with Gasteiger partial charge in [0.25, 0.3) is 5.91 Å². The maximum Gasteiger partial charge on any atom is 0.257 e. The van der Waals surface area contributed by atoms with Crippen LogP contribution in [0.5, 0.6) is 0 Å². The van der Waals surface area contributed by atoms with Crippen LogP contribution in [0.2, 0.25) is 10.0 Å². The Bertz CT molecular complexity index is 457. The highest BCUT2D eigenvalue weighted by molar-refractivity contribution is 7.80. The van der Waals surface area contributed by atoms with Gasteiger partial charge in [-0.3, -0.25) is 4.79 Å². The standard InChI is InChI=1S/C12H14Cl2N2OS/c1-7(2)16(6-10(15)18)12(17)11-8(13)4-3-5-9(11)14/h3-5,7H,6H2,1-2H3,(H2,15,18). The fraction of sp³-hybridized carbons (Fsp3) is 0.333. The van der Waals surface area contributed by atoms with Gasteiger partial charge in [-0.15, -0.1) is 0 Å². The van der Waals surface area contributed by atoms with E-state index >= 15 is 0 Å². The summed E-state index contributed by atoms with van der Waals surface area (Å²) in [6.45, 7) is 3.95. The molecule has 0 fully saturated rings. The van der Waals surface area contributed by atoms with Crippen LogP contribution in [0.3, 0.4) is 0 Å². The maximum absolute atomic E-state index is 12.4. The van der Waals surface area contributed by atoms with E-state index < -0.39 is 0 Å². The number of thiocarbonyl (C=S) groups is 1. The molecule has 1 amide bonds. The molecule has 98 valence electrons. The summed E-state index contributed by atoms with van der Waals surface area (Å²) in [7, 11) is 0. The molecule has 0 aromatic heterocycles. The Morgan fingerprint density at radius 1 is 1.39 bits per heavy atom. The SMILES string of the molecule is CC(C)N(CC(N)=S)C(=O)c1c(Cl)cccc1Cl. The van der Waals surface area contributed by atoms with Crippen molar-refractivity contribution in [3.8, 4) is 0 Å². The Labute approximate surface area is 122 Å². The minimum atomic E-state index is -0.270. The Kier molecular flexibility index (Phi) is 5.38. The molecule has 0 aliphatic carbocycles. The van der Waals surface area contributed by atoms with Crippen molar-refractivity contribution in [2.24, 2.45) is 5.73 Å². The normalized spacial score (nSPS) is 10.5. The maximum atomic E-state index is 12.4. The monoisotopic (exact) mass is 304 g/mol. The van der Waals surface area contributed by atoms with E-state index in [1.54, 1.807) is 18.2 Å². The average molecular weight is 305 g/mol. The number of rotatable bonds is 4. The van der Waals surface area contributed by atoms with Gasteiger partial charge >= 0.3 is 0 Å². The van der Waals surface area contributed by atoms with Gasteiger partial charge in [0.2, 0.25) is 0 Å². The summed E-state index contributed by atoms with van der Waals surface area (Å²) in [5.41, 5.74) is 5.78. The van der Waals surface area contributed by atoms with Gasteiger partial charge in [-0.1, -0.05) is 41.5 Å². The predicted molar refractivity (Wildman–Crippen MR) is 79.4 cm³/mol. The molecule has 0 saturated carbocycles. The molecule has 0 aliphatic heterocycles. The molecule has 0 saturated heterocycles. The van der Waals surface area contributed by atoms with Crippen molar-refractivity contribution in [2.75, 3.05) is 6.54 Å². The molecule has 0 bridgehead atoms. The lowest BCUT2D eigenvalue weighted by Crippen LogP contribution is -2.42. The van der Waals surface area contributed by atoms with E-state index in [9.17, 15) is 4.79 Å². The van der Waals surface area contributed by atoms with Gasteiger partial charge in [-0.05, 0) is 26.0 Å².